The molecule has 8 heteroatoms. The van der Waals surface area contributed by atoms with Crippen LogP contribution in [0.25, 0.3) is 0 Å². The molecule has 144 valence electrons. The van der Waals surface area contributed by atoms with E-state index in [-0.39, 0.29) is 18.0 Å². The van der Waals surface area contributed by atoms with Gasteiger partial charge in [-0.2, -0.15) is 13.2 Å². The van der Waals surface area contributed by atoms with Crippen molar-refractivity contribution in [1.82, 2.24) is 10.2 Å². The lowest BCUT2D eigenvalue weighted by Crippen LogP contribution is -2.43. The van der Waals surface area contributed by atoms with Gasteiger partial charge in [0.2, 0.25) is 5.91 Å². The lowest BCUT2D eigenvalue weighted by Gasteiger charge is -2.27. The molecule has 26 heavy (non-hydrogen) atoms. The number of carbonyl (C=O) groups is 1. The molecule has 0 aromatic heterocycles. The van der Waals surface area contributed by atoms with Gasteiger partial charge in [-0.1, -0.05) is 6.42 Å². The molecule has 0 saturated carbocycles. The number of nitrogens with one attached hydrogen (secondary N) is 2. The Morgan fingerprint density at radius 1 is 1.27 bits per heavy atom. The summed E-state index contributed by atoms with van der Waals surface area (Å²) in [7, 11) is 0. The molecular weight excluding hydrogens is 350 g/mol. The number of rotatable bonds is 7. The quantitative estimate of drug-likeness (QED) is 0.569. The molecule has 4 nitrogen and oxygen atoms in total. The highest BCUT2D eigenvalue weighted by Crippen LogP contribution is 2.33. The number of likely N-dealkylation sites (tertiary alicyclic amines) is 1. The van der Waals surface area contributed by atoms with Crippen LogP contribution in [0.3, 0.4) is 0 Å². The number of unbranched alkanes of at least 4 members (excludes halogenated alkanes) is 2. The first-order valence-corrected chi connectivity index (χ1v) is 8.97. The molecule has 2 atom stereocenters. The van der Waals surface area contributed by atoms with Crippen molar-refractivity contribution in [3.63, 3.8) is 0 Å². The first kappa shape index (κ1) is 19.1. The monoisotopic (exact) mass is 373 g/mol. The van der Waals surface area contributed by atoms with Gasteiger partial charge in [-0.3, -0.25) is 9.69 Å². The van der Waals surface area contributed by atoms with E-state index in [2.05, 4.69) is 15.5 Å². The van der Waals surface area contributed by atoms with Crippen LogP contribution in [0.5, 0.6) is 0 Å². The van der Waals surface area contributed by atoms with Crippen molar-refractivity contribution in [2.45, 2.75) is 50.4 Å². The maximum Gasteiger partial charge on any atom is 0.419 e. The topological polar surface area (TPSA) is 44.4 Å². The molecule has 2 aliphatic rings. The minimum absolute atomic E-state index is 0.0377. The molecule has 1 aromatic rings. The average molecular weight is 373 g/mol. The van der Waals surface area contributed by atoms with Crippen LogP contribution in [0.15, 0.2) is 18.2 Å². The summed E-state index contributed by atoms with van der Waals surface area (Å²) in [5.74, 6) is -1.70. The predicted octanol–water partition coefficient (Wildman–Crippen LogP) is 3.39. The van der Waals surface area contributed by atoms with Gasteiger partial charge in [0.25, 0.3) is 0 Å². The van der Waals surface area contributed by atoms with Gasteiger partial charge in [-0.05, 0) is 44.0 Å². The molecule has 1 amide bonds. The van der Waals surface area contributed by atoms with E-state index >= 15 is 0 Å². The molecule has 0 radical (unpaired) electrons. The summed E-state index contributed by atoms with van der Waals surface area (Å²) in [5.41, 5.74) is -1.41. The summed E-state index contributed by atoms with van der Waals surface area (Å²) >= 11 is 0. The van der Waals surface area contributed by atoms with Crippen molar-refractivity contribution in [1.29, 1.82) is 0 Å². The van der Waals surface area contributed by atoms with Crippen LogP contribution < -0.4 is 10.6 Å². The van der Waals surface area contributed by atoms with E-state index in [0.717, 1.165) is 44.6 Å². The highest BCUT2D eigenvalue weighted by molar-refractivity contribution is 5.90. The highest BCUT2D eigenvalue weighted by atomic mass is 19.4. The minimum atomic E-state index is -4.78. The van der Waals surface area contributed by atoms with Crippen LogP contribution in [0.2, 0.25) is 0 Å². The molecule has 2 heterocycles. The van der Waals surface area contributed by atoms with Gasteiger partial charge in [0.15, 0.2) is 0 Å². The molecule has 2 N–H and O–H groups in total. The van der Waals surface area contributed by atoms with Crippen molar-refractivity contribution >= 4 is 11.6 Å². The fraction of sp³-hybridized carbons (Fsp3) is 0.611. The number of halogens is 4. The number of hydrogen-bond acceptors (Lipinski definition) is 3. The maximum absolute atomic E-state index is 13.2. The number of piperazine rings is 1. The van der Waals surface area contributed by atoms with Gasteiger partial charge in [-0.15, -0.1) is 0 Å². The number of fused-ring (bicyclic) bond motifs is 2. The van der Waals surface area contributed by atoms with E-state index in [1.807, 2.05) is 0 Å². The summed E-state index contributed by atoms with van der Waals surface area (Å²) in [6, 6.07) is 3.76. The van der Waals surface area contributed by atoms with Gasteiger partial charge >= 0.3 is 6.18 Å². The van der Waals surface area contributed by atoms with E-state index in [1.165, 1.54) is 6.42 Å². The Morgan fingerprint density at radius 3 is 2.73 bits per heavy atom. The summed E-state index contributed by atoms with van der Waals surface area (Å²) < 4.78 is 51.3. The van der Waals surface area contributed by atoms with Crippen LogP contribution in [-0.4, -0.2) is 42.5 Å². The molecule has 1 aromatic carbocycles. The second-order valence-electron chi connectivity index (χ2n) is 7.04. The Balaban J connectivity index is 1.36. The van der Waals surface area contributed by atoms with Crippen molar-refractivity contribution in [3.05, 3.63) is 29.6 Å². The number of carbonyl (C=O) groups excluding carboxylic acids is 1. The van der Waals surface area contributed by atoms with Crippen LogP contribution in [0.1, 0.15) is 37.7 Å². The summed E-state index contributed by atoms with van der Waals surface area (Å²) in [6.45, 7) is 3.18. The zero-order chi connectivity index (χ0) is 18.7. The average Bonchev–Trinajstić information content (AvgIpc) is 3.18. The van der Waals surface area contributed by atoms with Crippen molar-refractivity contribution < 1.29 is 22.4 Å². The molecule has 0 aliphatic carbocycles. The number of anilines is 1. The molecular formula is C18H23F4N3O. The fourth-order valence-electron chi connectivity index (χ4n) is 3.74. The Hall–Kier alpha value is -1.67. The third kappa shape index (κ3) is 4.73. The zero-order valence-corrected chi connectivity index (χ0v) is 14.4. The van der Waals surface area contributed by atoms with Gasteiger partial charge < -0.3 is 10.6 Å². The lowest BCUT2D eigenvalue weighted by atomic mass is 10.1. The first-order valence-electron chi connectivity index (χ1n) is 8.97. The van der Waals surface area contributed by atoms with Gasteiger partial charge in [0.1, 0.15) is 5.82 Å². The third-order valence-electron chi connectivity index (χ3n) is 5.07. The van der Waals surface area contributed by atoms with Crippen molar-refractivity contribution in [2.75, 3.05) is 25.0 Å². The van der Waals surface area contributed by atoms with Crippen LogP contribution in [-0.2, 0) is 11.0 Å². The van der Waals surface area contributed by atoms with Crippen LogP contribution >= 0.6 is 0 Å². The van der Waals surface area contributed by atoms with E-state index in [9.17, 15) is 22.4 Å². The fourth-order valence-corrected chi connectivity index (χ4v) is 3.74. The van der Waals surface area contributed by atoms with E-state index in [1.54, 1.807) is 0 Å². The van der Waals surface area contributed by atoms with E-state index < -0.39 is 17.6 Å². The number of alkyl halides is 3. The van der Waals surface area contributed by atoms with E-state index in [0.29, 0.717) is 24.6 Å². The Kier molecular flexibility index (Phi) is 5.82. The largest absolute Gasteiger partial charge is 0.419 e. The molecule has 0 spiro atoms. The Labute approximate surface area is 149 Å². The van der Waals surface area contributed by atoms with Crippen molar-refractivity contribution in [3.8, 4) is 0 Å². The second-order valence-corrected chi connectivity index (χ2v) is 7.04. The van der Waals surface area contributed by atoms with Crippen LogP contribution in [0, 0.1) is 5.82 Å². The highest BCUT2D eigenvalue weighted by Gasteiger charge is 2.36. The van der Waals surface area contributed by atoms with Gasteiger partial charge in [-0.25, -0.2) is 4.39 Å². The van der Waals surface area contributed by atoms with Gasteiger partial charge in [0, 0.05) is 37.3 Å². The molecule has 2 saturated heterocycles. The predicted molar refractivity (Wildman–Crippen MR) is 90.3 cm³/mol. The van der Waals surface area contributed by atoms with E-state index in [4.69, 9.17) is 0 Å². The summed E-state index contributed by atoms with van der Waals surface area (Å²) in [6.07, 6.45) is -0.738. The number of amides is 1. The first-order chi connectivity index (χ1) is 12.3. The number of hydrogen-bond donors (Lipinski definition) is 2. The number of nitrogens with zero attached hydrogens (tertiary/aromatic N) is 1. The third-order valence-corrected chi connectivity index (χ3v) is 5.07. The zero-order valence-electron chi connectivity index (χ0n) is 14.4. The second kappa shape index (κ2) is 7.92. The summed E-state index contributed by atoms with van der Waals surface area (Å²) in [5, 5.41) is 5.87. The van der Waals surface area contributed by atoms with Crippen molar-refractivity contribution in [2.24, 2.45) is 0 Å². The normalized spacial score (nSPS) is 22.8. The molecule has 2 bridgehead atoms. The van der Waals surface area contributed by atoms with Gasteiger partial charge in [0.05, 0.1) is 5.56 Å². The van der Waals surface area contributed by atoms with Crippen LogP contribution in [0.4, 0.5) is 23.2 Å². The molecule has 2 unspecified atom stereocenters. The molecule has 3 rings (SSSR count). The summed E-state index contributed by atoms with van der Waals surface area (Å²) in [4.78, 5) is 14.4. The standard InChI is InChI=1S/C18H23F4N3O/c19-16-6-5-12(9-15(16)18(20,21)22)24-17(26)4-2-1-3-7-25-11-13-8-14(25)10-23-13/h5-6,9,13-14,23H,1-4,7-8,10-11H2,(H,24,26). The minimum Gasteiger partial charge on any atom is -0.326 e. The lowest BCUT2D eigenvalue weighted by molar-refractivity contribution is -0.140. The molecule has 2 aliphatic heterocycles. The number of benzene rings is 1. The SMILES string of the molecule is O=C(CCCCCN1CC2CC1CN2)Nc1ccc(F)c(C(F)(F)F)c1. The Morgan fingerprint density at radius 2 is 2.08 bits per heavy atom. The Bertz CT molecular complexity index is 650. The maximum atomic E-state index is 13.2. The smallest absolute Gasteiger partial charge is 0.326 e. The molecule has 2 fully saturated rings.